The Kier molecular flexibility index (Phi) is 4.34. The Morgan fingerprint density at radius 1 is 1.39 bits per heavy atom. The molecule has 0 saturated heterocycles. The lowest BCUT2D eigenvalue weighted by molar-refractivity contribution is 0.369. The maximum absolute atomic E-state index is 13.3. The largest absolute Gasteiger partial charge is 0.396 e. The molecule has 0 aliphatic rings. The first kappa shape index (κ1) is 14.9. The predicted molar refractivity (Wildman–Crippen MR) is 70.3 cm³/mol. The highest BCUT2D eigenvalue weighted by Gasteiger charge is 2.27. The number of nitrogens with two attached hydrogens (primary N) is 1. The third-order valence-electron chi connectivity index (χ3n) is 2.77. The fraction of sp³-hybridized carbons (Fsp3) is 0.500. The van der Waals surface area contributed by atoms with Crippen LogP contribution in [0.3, 0.4) is 0 Å². The van der Waals surface area contributed by atoms with Crippen LogP contribution in [0.2, 0.25) is 0 Å². The van der Waals surface area contributed by atoms with Crippen molar-refractivity contribution in [3.8, 4) is 0 Å². The maximum Gasteiger partial charge on any atom is 0.243 e. The first-order valence-electron chi connectivity index (χ1n) is 5.79. The standard InChI is InChI=1S/C12H19FN2O2S/c1-5-15(8(2)3)18(16,17)12-7-11(14)10(13)6-9(12)4/h6-8H,5,14H2,1-4H3. The lowest BCUT2D eigenvalue weighted by atomic mass is 10.2. The molecule has 0 atom stereocenters. The number of aryl methyl sites for hydroxylation is 1. The van der Waals surface area contributed by atoms with Crippen LogP contribution in [0.4, 0.5) is 10.1 Å². The number of anilines is 1. The quantitative estimate of drug-likeness (QED) is 0.856. The van der Waals surface area contributed by atoms with Crippen LogP contribution in [0.25, 0.3) is 0 Å². The van der Waals surface area contributed by atoms with Crippen molar-refractivity contribution in [1.29, 1.82) is 0 Å². The molecule has 6 heteroatoms. The van der Waals surface area contributed by atoms with Crippen LogP contribution in [0, 0.1) is 12.7 Å². The average molecular weight is 274 g/mol. The van der Waals surface area contributed by atoms with E-state index >= 15 is 0 Å². The minimum absolute atomic E-state index is 0.0666. The van der Waals surface area contributed by atoms with E-state index in [1.807, 2.05) is 0 Å². The number of hydrogen-bond donors (Lipinski definition) is 1. The van der Waals surface area contributed by atoms with Crippen molar-refractivity contribution in [2.75, 3.05) is 12.3 Å². The summed E-state index contributed by atoms with van der Waals surface area (Å²) in [6.07, 6.45) is 0. The van der Waals surface area contributed by atoms with Crippen LogP contribution >= 0.6 is 0 Å². The zero-order valence-corrected chi connectivity index (χ0v) is 11.9. The average Bonchev–Trinajstić information content (AvgIpc) is 2.23. The molecule has 0 saturated carbocycles. The molecule has 2 N–H and O–H groups in total. The lowest BCUT2D eigenvalue weighted by Gasteiger charge is -2.25. The van der Waals surface area contributed by atoms with Crippen LogP contribution < -0.4 is 5.73 Å². The van der Waals surface area contributed by atoms with Crippen molar-refractivity contribution in [3.63, 3.8) is 0 Å². The van der Waals surface area contributed by atoms with Gasteiger partial charge in [-0.1, -0.05) is 6.92 Å². The molecule has 0 heterocycles. The van der Waals surface area contributed by atoms with E-state index in [1.165, 1.54) is 10.4 Å². The molecule has 0 aliphatic heterocycles. The smallest absolute Gasteiger partial charge is 0.243 e. The van der Waals surface area contributed by atoms with Crippen LogP contribution in [-0.2, 0) is 10.0 Å². The molecule has 4 nitrogen and oxygen atoms in total. The van der Waals surface area contributed by atoms with Gasteiger partial charge in [-0.25, -0.2) is 12.8 Å². The molecule has 0 unspecified atom stereocenters. The van der Waals surface area contributed by atoms with Gasteiger partial charge < -0.3 is 5.73 Å². The van der Waals surface area contributed by atoms with E-state index in [0.717, 1.165) is 6.07 Å². The first-order valence-corrected chi connectivity index (χ1v) is 7.23. The summed E-state index contributed by atoms with van der Waals surface area (Å²) >= 11 is 0. The normalized spacial score (nSPS) is 12.4. The minimum atomic E-state index is -3.63. The maximum atomic E-state index is 13.3. The Labute approximate surface area is 108 Å². The first-order chi connectivity index (χ1) is 8.21. The second-order valence-corrected chi connectivity index (χ2v) is 6.30. The summed E-state index contributed by atoms with van der Waals surface area (Å²) in [5.74, 6) is -0.598. The molecule has 0 aliphatic carbocycles. The topological polar surface area (TPSA) is 63.4 Å². The van der Waals surface area contributed by atoms with Gasteiger partial charge in [-0.2, -0.15) is 4.31 Å². The molecule has 1 aromatic carbocycles. The number of rotatable bonds is 4. The zero-order chi connectivity index (χ0) is 14.1. The number of hydrogen-bond acceptors (Lipinski definition) is 3. The van der Waals surface area contributed by atoms with Gasteiger partial charge in [0.2, 0.25) is 10.0 Å². The highest BCUT2D eigenvalue weighted by molar-refractivity contribution is 7.89. The summed E-state index contributed by atoms with van der Waals surface area (Å²) in [5.41, 5.74) is 5.65. The van der Waals surface area contributed by atoms with Crippen molar-refractivity contribution in [2.45, 2.75) is 38.6 Å². The van der Waals surface area contributed by atoms with E-state index in [9.17, 15) is 12.8 Å². The summed E-state index contributed by atoms with van der Waals surface area (Å²) in [6, 6.07) is 2.17. The monoisotopic (exact) mass is 274 g/mol. The van der Waals surface area contributed by atoms with Gasteiger partial charge in [0.05, 0.1) is 10.6 Å². The van der Waals surface area contributed by atoms with Crippen molar-refractivity contribution >= 4 is 15.7 Å². The van der Waals surface area contributed by atoms with E-state index in [2.05, 4.69) is 0 Å². The molecule has 18 heavy (non-hydrogen) atoms. The van der Waals surface area contributed by atoms with E-state index < -0.39 is 15.8 Å². The Balaban J connectivity index is 3.41. The molecule has 0 bridgehead atoms. The molecule has 1 rings (SSSR count). The van der Waals surface area contributed by atoms with Crippen LogP contribution in [-0.4, -0.2) is 25.3 Å². The fourth-order valence-electron chi connectivity index (χ4n) is 1.89. The summed E-state index contributed by atoms with van der Waals surface area (Å²) in [6.45, 7) is 7.27. The minimum Gasteiger partial charge on any atom is -0.396 e. The fourth-order valence-corrected chi connectivity index (χ4v) is 3.77. The van der Waals surface area contributed by atoms with Crippen molar-refractivity contribution in [3.05, 3.63) is 23.5 Å². The SMILES string of the molecule is CCN(C(C)C)S(=O)(=O)c1cc(N)c(F)cc1C. The van der Waals surface area contributed by atoms with Gasteiger partial charge in [-0.3, -0.25) is 0 Å². The number of sulfonamides is 1. The molecule has 0 radical (unpaired) electrons. The zero-order valence-electron chi connectivity index (χ0n) is 11.1. The Hall–Kier alpha value is -1.14. The second kappa shape index (κ2) is 5.24. The van der Waals surface area contributed by atoms with Crippen molar-refractivity contribution < 1.29 is 12.8 Å². The van der Waals surface area contributed by atoms with Crippen molar-refractivity contribution in [1.82, 2.24) is 4.31 Å². The highest BCUT2D eigenvalue weighted by Crippen LogP contribution is 2.25. The van der Waals surface area contributed by atoms with Gasteiger partial charge in [-0.05, 0) is 38.5 Å². The van der Waals surface area contributed by atoms with Gasteiger partial charge in [-0.15, -0.1) is 0 Å². The van der Waals surface area contributed by atoms with Gasteiger partial charge >= 0.3 is 0 Å². The molecule has 102 valence electrons. The van der Waals surface area contributed by atoms with Gasteiger partial charge in [0.15, 0.2) is 0 Å². The van der Waals surface area contributed by atoms with Crippen LogP contribution in [0.1, 0.15) is 26.3 Å². The molecule has 0 spiro atoms. The summed E-state index contributed by atoms with van der Waals surface area (Å²) < 4.78 is 39.5. The van der Waals surface area contributed by atoms with E-state index in [1.54, 1.807) is 27.7 Å². The van der Waals surface area contributed by atoms with Gasteiger partial charge in [0, 0.05) is 12.6 Å². The Morgan fingerprint density at radius 3 is 2.39 bits per heavy atom. The highest BCUT2D eigenvalue weighted by atomic mass is 32.2. The summed E-state index contributed by atoms with van der Waals surface area (Å²) in [4.78, 5) is 0.0666. The molecular formula is C12H19FN2O2S. The van der Waals surface area contributed by atoms with Gasteiger partial charge in [0.1, 0.15) is 5.82 Å². The van der Waals surface area contributed by atoms with Gasteiger partial charge in [0.25, 0.3) is 0 Å². The molecule has 0 aromatic heterocycles. The van der Waals surface area contributed by atoms with Crippen molar-refractivity contribution in [2.24, 2.45) is 0 Å². The van der Waals surface area contributed by atoms with Crippen LogP contribution in [0.5, 0.6) is 0 Å². The van der Waals surface area contributed by atoms with Crippen LogP contribution in [0.15, 0.2) is 17.0 Å². The van der Waals surface area contributed by atoms with E-state index in [0.29, 0.717) is 12.1 Å². The number of benzene rings is 1. The number of halogens is 1. The lowest BCUT2D eigenvalue weighted by Crippen LogP contribution is -2.37. The Morgan fingerprint density at radius 2 is 1.94 bits per heavy atom. The molecule has 0 fully saturated rings. The second-order valence-electron chi connectivity index (χ2n) is 4.44. The Bertz CT molecular complexity index is 541. The predicted octanol–water partition coefficient (Wildman–Crippen LogP) is 2.14. The van der Waals surface area contributed by atoms with E-state index in [4.69, 9.17) is 5.73 Å². The number of nitrogens with zero attached hydrogens (tertiary/aromatic N) is 1. The molecule has 1 aromatic rings. The summed E-state index contributed by atoms with van der Waals surface area (Å²) in [7, 11) is -3.63. The summed E-state index contributed by atoms with van der Waals surface area (Å²) in [5, 5.41) is 0. The number of nitrogen functional groups attached to an aromatic ring is 1. The van der Waals surface area contributed by atoms with E-state index in [-0.39, 0.29) is 16.6 Å². The third kappa shape index (κ3) is 2.64. The molecular weight excluding hydrogens is 255 g/mol. The third-order valence-corrected chi connectivity index (χ3v) is 5.06. The molecule has 0 amide bonds.